The molecule has 10 heteroatoms. The van der Waals surface area contributed by atoms with Crippen LogP contribution in [-0.2, 0) is 27.9 Å². The number of rotatable bonds is 69. The van der Waals surface area contributed by atoms with Gasteiger partial charge < -0.3 is 28.5 Å². The van der Waals surface area contributed by atoms with Gasteiger partial charge in [0.05, 0.1) is 33.8 Å². The molecule has 0 aromatic heterocycles. The fourth-order valence-electron chi connectivity index (χ4n) is 11.0. The number of quaternary nitrogens is 1. The van der Waals surface area contributed by atoms with Gasteiger partial charge in [0, 0.05) is 12.8 Å². The largest absolute Gasteiger partial charge is 0.756 e. The van der Waals surface area contributed by atoms with Crippen LogP contribution >= 0.6 is 7.82 Å². The van der Waals surface area contributed by atoms with Crippen LogP contribution in [0, 0.1) is 0 Å². The van der Waals surface area contributed by atoms with Gasteiger partial charge in [-0.2, -0.15) is 0 Å². The summed E-state index contributed by atoms with van der Waals surface area (Å²) in [5.74, 6) is -0.537. The molecule has 3 unspecified atom stereocenters. The fourth-order valence-corrected chi connectivity index (χ4v) is 11.7. The maximum absolute atomic E-state index is 13.6. The molecule has 0 aromatic carbocycles. The topological polar surface area (TPSA) is 114 Å². The minimum absolute atomic E-state index is 0.0253. The molecule has 0 aliphatic carbocycles. The molecule has 0 spiro atoms. The molecule has 0 saturated heterocycles. The number of hydrogen-bond donors (Lipinski definition) is 1. The molecule has 89 heavy (non-hydrogen) atoms. The second-order valence-electron chi connectivity index (χ2n) is 26.8. The summed E-state index contributed by atoms with van der Waals surface area (Å²) in [6.07, 6.45) is 91.4. The van der Waals surface area contributed by atoms with Crippen LogP contribution < -0.4 is 10.2 Å². The van der Waals surface area contributed by atoms with E-state index in [2.05, 4.69) is 99.0 Å². The first-order valence-electron chi connectivity index (χ1n) is 37.9. The summed E-state index contributed by atoms with van der Waals surface area (Å²) < 4.78 is 30.5. The van der Waals surface area contributed by atoms with Crippen LogP contribution in [0.4, 0.5) is 0 Å². The summed E-state index contributed by atoms with van der Waals surface area (Å²) >= 11 is 0. The van der Waals surface area contributed by atoms with Gasteiger partial charge in [-0.05, 0) is 109 Å². The molecule has 0 aliphatic heterocycles. The highest BCUT2D eigenvalue weighted by atomic mass is 31.2. The fraction of sp³-hybridized carbons (Fsp3) is 0.797. The Morgan fingerprint density at radius 2 is 0.685 bits per heavy atom. The van der Waals surface area contributed by atoms with Gasteiger partial charge in [-0.15, -0.1) is 0 Å². The highest BCUT2D eigenvalue weighted by Crippen LogP contribution is 2.38. The summed E-state index contributed by atoms with van der Waals surface area (Å²) in [4.78, 5) is 40.3. The standard InChI is InChI=1S/C79H145N2O7P/c1-7-10-13-16-19-22-25-28-30-32-34-36-38-40-42-44-46-48-50-53-56-59-62-65-68-71-78(82)80-76(75-87-89(84,85)86-74-73-81(4,5)6)77(70-67-64-61-58-55-52-27-24-21-18-15-12-9-3)88-79(83)72-69-66-63-60-57-54-51-49-47-45-43-41-39-37-35-33-31-29-26-23-20-17-14-11-8-2/h19-20,22-23,28-31,34,36,40,42,67,70,76-77H,7-18,21,24-27,32-33,35,37-39,41,43-66,68-69,71-75H2,1-6H3,(H-,80,82,84,85)/b22-19-,23-20-,30-28-,31-29-,36-34-,42-40-,70-67+. The predicted molar refractivity (Wildman–Crippen MR) is 385 cm³/mol. The van der Waals surface area contributed by atoms with Crippen LogP contribution in [0.2, 0.25) is 0 Å². The van der Waals surface area contributed by atoms with Crippen LogP contribution in [0.25, 0.3) is 0 Å². The van der Waals surface area contributed by atoms with Crippen molar-refractivity contribution in [1.29, 1.82) is 0 Å². The van der Waals surface area contributed by atoms with Crippen molar-refractivity contribution in [3.8, 4) is 0 Å². The van der Waals surface area contributed by atoms with Gasteiger partial charge in [-0.25, -0.2) is 0 Å². The van der Waals surface area contributed by atoms with E-state index in [1.165, 1.54) is 225 Å². The lowest BCUT2D eigenvalue weighted by atomic mass is 10.0. The van der Waals surface area contributed by atoms with E-state index in [1.807, 2.05) is 33.3 Å². The van der Waals surface area contributed by atoms with Crippen LogP contribution in [0.1, 0.15) is 355 Å². The number of ether oxygens (including phenoxy) is 1. The molecule has 518 valence electrons. The molecular weight excluding hydrogens is 1120 g/mol. The van der Waals surface area contributed by atoms with Crippen molar-refractivity contribution >= 4 is 19.7 Å². The zero-order chi connectivity index (χ0) is 64.9. The Labute approximate surface area is 552 Å². The van der Waals surface area contributed by atoms with E-state index >= 15 is 0 Å². The van der Waals surface area contributed by atoms with E-state index in [4.69, 9.17) is 13.8 Å². The number of allylic oxidation sites excluding steroid dienone is 13. The Balaban J connectivity index is 5.04. The van der Waals surface area contributed by atoms with Gasteiger partial charge in [0.15, 0.2) is 0 Å². The van der Waals surface area contributed by atoms with Crippen molar-refractivity contribution in [1.82, 2.24) is 5.32 Å². The SMILES string of the molecule is CCCCC/C=C\C/C=C\C/C=C\C/C=C\CCCCCCCCCCCC(=O)NC(COP(=O)([O-])OCC[N+](C)(C)C)C(/C=C/CCCCCCCCCCCCC)OC(=O)CCCCCCCCCCCCCCCCC/C=C\C/C=C\CCCCC. The second kappa shape index (κ2) is 68.1. The van der Waals surface area contributed by atoms with Crippen LogP contribution in [0.3, 0.4) is 0 Å². The monoisotopic (exact) mass is 1270 g/mol. The van der Waals surface area contributed by atoms with Crippen LogP contribution in [0.5, 0.6) is 0 Å². The Kier molecular flexibility index (Phi) is 65.9. The lowest BCUT2D eigenvalue weighted by Crippen LogP contribution is -2.47. The number of carbonyl (C=O) groups is 2. The first-order valence-corrected chi connectivity index (χ1v) is 39.4. The number of hydrogen-bond acceptors (Lipinski definition) is 7. The predicted octanol–water partition coefficient (Wildman–Crippen LogP) is 23.8. The van der Waals surface area contributed by atoms with Crippen LogP contribution in [0.15, 0.2) is 85.1 Å². The van der Waals surface area contributed by atoms with E-state index in [1.54, 1.807) is 0 Å². The minimum Gasteiger partial charge on any atom is -0.756 e. The highest BCUT2D eigenvalue weighted by Gasteiger charge is 2.27. The number of likely N-dealkylation sites (N-methyl/N-ethyl adjacent to an activating group) is 1. The van der Waals surface area contributed by atoms with Gasteiger partial charge in [-0.1, -0.05) is 318 Å². The van der Waals surface area contributed by atoms with E-state index in [0.29, 0.717) is 17.4 Å². The number of phosphoric ester groups is 1. The van der Waals surface area contributed by atoms with E-state index in [-0.39, 0.29) is 24.9 Å². The van der Waals surface area contributed by atoms with Crippen molar-refractivity contribution in [2.75, 3.05) is 40.9 Å². The van der Waals surface area contributed by atoms with Crippen molar-refractivity contribution in [2.45, 2.75) is 367 Å². The van der Waals surface area contributed by atoms with E-state index in [9.17, 15) is 19.0 Å². The molecule has 1 N–H and O–H groups in total. The van der Waals surface area contributed by atoms with Gasteiger partial charge in [0.2, 0.25) is 5.91 Å². The van der Waals surface area contributed by atoms with Gasteiger partial charge in [0.25, 0.3) is 7.82 Å². The number of amides is 1. The zero-order valence-corrected chi connectivity index (χ0v) is 60.3. The smallest absolute Gasteiger partial charge is 0.306 e. The Bertz CT molecular complexity index is 1800. The number of esters is 1. The van der Waals surface area contributed by atoms with Crippen molar-refractivity contribution in [2.24, 2.45) is 0 Å². The first kappa shape index (κ1) is 86.2. The molecule has 1 amide bonds. The molecule has 0 rings (SSSR count). The van der Waals surface area contributed by atoms with Crippen molar-refractivity contribution in [3.05, 3.63) is 85.1 Å². The highest BCUT2D eigenvalue weighted by molar-refractivity contribution is 7.45. The maximum Gasteiger partial charge on any atom is 0.306 e. The van der Waals surface area contributed by atoms with Crippen molar-refractivity contribution in [3.63, 3.8) is 0 Å². The zero-order valence-electron chi connectivity index (χ0n) is 59.4. The molecule has 0 aromatic rings. The summed E-state index contributed by atoms with van der Waals surface area (Å²) in [5.41, 5.74) is 0. The number of nitrogens with one attached hydrogen (secondary N) is 1. The van der Waals surface area contributed by atoms with Gasteiger partial charge in [-0.3, -0.25) is 14.2 Å². The number of phosphoric acid groups is 1. The quantitative estimate of drug-likeness (QED) is 0.0212. The molecule has 0 radical (unpaired) electrons. The Morgan fingerprint density at radius 1 is 0.393 bits per heavy atom. The summed E-state index contributed by atoms with van der Waals surface area (Å²) in [6.45, 7) is 6.83. The van der Waals surface area contributed by atoms with E-state index < -0.39 is 26.6 Å². The molecule has 9 nitrogen and oxygen atoms in total. The van der Waals surface area contributed by atoms with Crippen LogP contribution in [-0.4, -0.2) is 69.4 Å². The lowest BCUT2D eigenvalue weighted by molar-refractivity contribution is -0.870. The molecule has 0 fully saturated rings. The van der Waals surface area contributed by atoms with Gasteiger partial charge >= 0.3 is 5.97 Å². The Morgan fingerprint density at radius 3 is 1.04 bits per heavy atom. The number of nitrogens with zero attached hydrogens (tertiary/aromatic N) is 1. The maximum atomic E-state index is 13.6. The summed E-state index contributed by atoms with van der Waals surface area (Å²) in [5, 5.41) is 3.05. The van der Waals surface area contributed by atoms with Gasteiger partial charge in [0.1, 0.15) is 19.3 Å². The third kappa shape index (κ3) is 69.4. The minimum atomic E-state index is -4.71. The molecule has 0 bridgehead atoms. The molecule has 0 heterocycles. The summed E-state index contributed by atoms with van der Waals surface area (Å²) in [6, 6.07) is -0.896. The molecule has 3 atom stereocenters. The van der Waals surface area contributed by atoms with E-state index in [0.717, 1.165) is 96.3 Å². The average molecular weight is 1270 g/mol. The first-order chi connectivity index (χ1) is 43.4. The third-order valence-electron chi connectivity index (χ3n) is 16.8. The van der Waals surface area contributed by atoms with Crippen molar-refractivity contribution < 1.29 is 37.3 Å². The number of unbranched alkanes of at least 4 members (excludes halogenated alkanes) is 41. The average Bonchev–Trinajstić information content (AvgIpc) is 3.67. The molecule has 0 saturated carbocycles. The second-order valence-corrected chi connectivity index (χ2v) is 28.2. The molecule has 0 aliphatic rings. The lowest BCUT2D eigenvalue weighted by Gasteiger charge is -2.30. The normalized spacial score (nSPS) is 13.9. The Hall–Kier alpha value is -2.81. The third-order valence-corrected chi connectivity index (χ3v) is 17.8. The molecular formula is C79H145N2O7P. The number of carbonyl (C=O) groups excluding carboxylic acids is 2. The summed E-state index contributed by atoms with van der Waals surface area (Å²) in [7, 11) is 1.18.